The van der Waals surface area contributed by atoms with Gasteiger partial charge in [-0.3, -0.25) is 4.90 Å². The molecule has 0 saturated carbocycles. The standard InChI is InChI=1S/C24H25N5O/c1-18-5-7-20(8-6-18)23-22(21-4-2-3-19(15-21)16-25)17-26-24(27-23)29-11-9-28(10-12-29)13-14-30/h2-8,15,17,30H,9-14H2,1H3. The quantitative estimate of drug-likeness (QED) is 0.710. The average Bonchev–Trinajstić information content (AvgIpc) is 2.80. The Labute approximate surface area is 177 Å². The predicted molar refractivity (Wildman–Crippen MR) is 118 cm³/mol. The van der Waals surface area contributed by atoms with Crippen molar-refractivity contribution in [3.05, 3.63) is 65.9 Å². The molecule has 0 radical (unpaired) electrons. The Balaban J connectivity index is 1.72. The van der Waals surface area contributed by atoms with Crippen molar-refractivity contribution >= 4 is 5.95 Å². The summed E-state index contributed by atoms with van der Waals surface area (Å²) in [6.07, 6.45) is 1.87. The predicted octanol–water partition coefficient (Wildman–Crippen LogP) is 3.11. The Morgan fingerprint density at radius 3 is 2.50 bits per heavy atom. The van der Waals surface area contributed by atoms with Crippen LogP contribution in [-0.4, -0.2) is 59.3 Å². The topological polar surface area (TPSA) is 76.3 Å². The summed E-state index contributed by atoms with van der Waals surface area (Å²) in [6, 6.07) is 18.1. The van der Waals surface area contributed by atoms with Crippen molar-refractivity contribution in [2.24, 2.45) is 0 Å². The Kier molecular flexibility index (Phi) is 6.03. The first kappa shape index (κ1) is 20.0. The van der Waals surface area contributed by atoms with E-state index < -0.39 is 0 Å². The first-order valence-electron chi connectivity index (χ1n) is 10.2. The molecule has 1 saturated heterocycles. The van der Waals surface area contributed by atoms with Crippen LogP contribution in [0.25, 0.3) is 22.4 Å². The molecule has 1 aliphatic rings. The van der Waals surface area contributed by atoms with E-state index in [1.54, 1.807) is 6.07 Å². The summed E-state index contributed by atoms with van der Waals surface area (Å²) in [5.41, 5.74) is 5.56. The number of benzene rings is 2. The fourth-order valence-corrected chi connectivity index (χ4v) is 3.74. The van der Waals surface area contributed by atoms with E-state index in [0.29, 0.717) is 12.1 Å². The number of nitriles is 1. The van der Waals surface area contributed by atoms with Crippen LogP contribution in [0.3, 0.4) is 0 Å². The maximum Gasteiger partial charge on any atom is 0.225 e. The number of aromatic nitrogens is 2. The van der Waals surface area contributed by atoms with Gasteiger partial charge < -0.3 is 10.0 Å². The van der Waals surface area contributed by atoms with E-state index in [9.17, 15) is 5.26 Å². The largest absolute Gasteiger partial charge is 0.395 e. The minimum atomic E-state index is 0.185. The van der Waals surface area contributed by atoms with Crippen LogP contribution < -0.4 is 4.90 Å². The van der Waals surface area contributed by atoms with Crippen molar-refractivity contribution < 1.29 is 5.11 Å². The van der Waals surface area contributed by atoms with Gasteiger partial charge in [-0.15, -0.1) is 0 Å². The summed E-state index contributed by atoms with van der Waals surface area (Å²) in [7, 11) is 0. The van der Waals surface area contributed by atoms with Crippen molar-refractivity contribution in [3.8, 4) is 28.5 Å². The number of aryl methyl sites for hydroxylation is 1. The van der Waals surface area contributed by atoms with E-state index in [0.717, 1.165) is 54.5 Å². The summed E-state index contributed by atoms with van der Waals surface area (Å²) < 4.78 is 0. The highest BCUT2D eigenvalue weighted by atomic mass is 16.3. The lowest BCUT2D eigenvalue weighted by molar-refractivity contribution is 0.188. The lowest BCUT2D eigenvalue weighted by Gasteiger charge is -2.34. The molecule has 4 rings (SSSR count). The van der Waals surface area contributed by atoms with Crippen LogP contribution in [0.15, 0.2) is 54.7 Å². The van der Waals surface area contributed by atoms with Crippen LogP contribution in [0.4, 0.5) is 5.95 Å². The van der Waals surface area contributed by atoms with Gasteiger partial charge in [-0.05, 0) is 24.6 Å². The van der Waals surface area contributed by atoms with Gasteiger partial charge in [0.25, 0.3) is 0 Å². The van der Waals surface area contributed by atoms with Gasteiger partial charge >= 0.3 is 0 Å². The third-order valence-electron chi connectivity index (χ3n) is 5.48. The van der Waals surface area contributed by atoms with Crippen LogP contribution in [0, 0.1) is 18.3 Å². The molecule has 3 aromatic rings. The Morgan fingerprint density at radius 1 is 1.03 bits per heavy atom. The molecule has 2 heterocycles. The minimum absolute atomic E-state index is 0.185. The van der Waals surface area contributed by atoms with Gasteiger partial charge in [0.1, 0.15) is 0 Å². The highest BCUT2D eigenvalue weighted by Gasteiger charge is 2.20. The smallest absolute Gasteiger partial charge is 0.225 e. The molecule has 6 heteroatoms. The molecule has 1 N–H and O–H groups in total. The Hall–Kier alpha value is -3.27. The zero-order valence-corrected chi connectivity index (χ0v) is 17.1. The molecule has 0 aliphatic carbocycles. The molecule has 152 valence electrons. The van der Waals surface area contributed by atoms with Crippen LogP contribution in [0.2, 0.25) is 0 Å². The molecule has 0 amide bonds. The van der Waals surface area contributed by atoms with Crippen molar-refractivity contribution in [2.75, 3.05) is 44.2 Å². The number of β-amino-alcohol motifs (C(OH)–C–C–N with tert-alkyl or cyclic N) is 1. The number of nitrogens with zero attached hydrogens (tertiary/aromatic N) is 5. The number of rotatable bonds is 5. The summed E-state index contributed by atoms with van der Waals surface area (Å²) in [5, 5.41) is 18.5. The number of aliphatic hydroxyl groups excluding tert-OH is 1. The second-order valence-corrected chi connectivity index (χ2v) is 7.54. The third kappa shape index (κ3) is 4.33. The number of anilines is 1. The zero-order valence-electron chi connectivity index (χ0n) is 17.1. The first-order valence-corrected chi connectivity index (χ1v) is 10.2. The molecule has 30 heavy (non-hydrogen) atoms. The molecule has 1 fully saturated rings. The lowest BCUT2D eigenvalue weighted by Crippen LogP contribution is -2.47. The van der Waals surface area contributed by atoms with Crippen molar-refractivity contribution in [2.45, 2.75) is 6.92 Å². The maximum atomic E-state index is 9.29. The van der Waals surface area contributed by atoms with Gasteiger partial charge in [-0.1, -0.05) is 42.0 Å². The van der Waals surface area contributed by atoms with Gasteiger partial charge in [0, 0.05) is 50.0 Å². The van der Waals surface area contributed by atoms with E-state index in [-0.39, 0.29) is 6.61 Å². The fraction of sp³-hybridized carbons (Fsp3) is 0.292. The number of hydrogen-bond acceptors (Lipinski definition) is 6. The van der Waals surface area contributed by atoms with Gasteiger partial charge in [0.05, 0.1) is 23.9 Å². The second kappa shape index (κ2) is 9.04. The first-order chi connectivity index (χ1) is 14.7. The van der Waals surface area contributed by atoms with E-state index in [2.05, 4.69) is 52.0 Å². The Morgan fingerprint density at radius 2 is 1.80 bits per heavy atom. The number of piperazine rings is 1. The van der Waals surface area contributed by atoms with Crippen molar-refractivity contribution in [1.82, 2.24) is 14.9 Å². The van der Waals surface area contributed by atoms with Crippen molar-refractivity contribution in [3.63, 3.8) is 0 Å². The van der Waals surface area contributed by atoms with Crippen LogP contribution in [-0.2, 0) is 0 Å². The van der Waals surface area contributed by atoms with Crippen LogP contribution >= 0.6 is 0 Å². The molecule has 6 nitrogen and oxygen atoms in total. The molecular weight excluding hydrogens is 374 g/mol. The maximum absolute atomic E-state index is 9.29. The zero-order chi connectivity index (χ0) is 20.9. The van der Waals surface area contributed by atoms with E-state index >= 15 is 0 Å². The van der Waals surface area contributed by atoms with E-state index in [1.807, 2.05) is 24.4 Å². The normalized spacial score (nSPS) is 14.5. The Bertz CT molecular complexity index is 1050. The molecule has 0 unspecified atom stereocenters. The average molecular weight is 399 g/mol. The van der Waals surface area contributed by atoms with Gasteiger partial charge in [0.2, 0.25) is 5.95 Å². The third-order valence-corrected chi connectivity index (χ3v) is 5.48. The van der Waals surface area contributed by atoms with Crippen molar-refractivity contribution in [1.29, 1.82) is 5.26 Å². The summed E-state index contributed by atoms with van der Waals surface area (Å²) >= 11 is 0. The molecule has 2 aromatic carbocycles. The molecule has 1 aromatic heterocycles. The monoisotopic (exact) mass is 399 g/mol. The molecule has 0 atom stereocenters. The van der Waals surface area contributed by atoms with E-state index in [1.165, 1.54) is 5.56 Å². The molecule has 0 bridgehead atoms. The fourth-order valence-electron chi connectivity index (χ4n) is 3.74. The summed E-state index contributed by atoms with van der Waals surface area (Å²) in [4.78, 5) is 14.1. The lowest BCUT2D eigenvalue weighted by atomic mass is 9.99. The summed E-state index contributed by atoms with van der Waals surface area (Å²) in [6.45, 7) is 6.39. The number of hydrogen-bond donors (Lipinski definition) is 1. The molecule has 1 aliphatic heterocycles. The highest BCUT2D eigenvalue weighted by molar-refractivity contribution is 5.81. The second-order valence-electron chi connectivity index (χ2n) is 7.54. The van der Waals surface area contributed by atoms with Crippen LogP contribution in [0.1, 0.15) is 11.1 Å². The highest BCUT2D eigenvalue weighted by Crippen LogP contribution is 2.32. The molecule has 0 spiro atoms. The van der Waals surface area contributed by atoms with Crippen LogP contribution in [0.5, 0.6) is 0 Å². The number of aliphatic hydroxyl groups is 1. The van der Waals surface area contributed by atoms with E-state index in [4.69, 9.17) is 10.1 Å². The van der Waals surface area contributed by atoms with Gasteiger partial charge in [-0.25, -0.2) is 9.97 Å². The SMILES string of the molecule is Cc1ccc(-c2nc(N3CCN(CCO)CC3)ncc2-c2cccc(C#N)c2)cc1. The minimum Gasteiger partial charge on any atom is -0.395 e. The summed E-state index contributed by atoms with van der Waals surface area (Å²) in [5.74, 6) is 0.717. The van der Waals surface area contributed by atoms with Gasteiger partial charge in [0.15, 0.2) is 0 Å². The molecular formula is C24H25N5O. The van der Waals surface area contributed by atoms with Gasteiger partial charge in [-0.2, -0.15) is 5.26 Å².